The van der Waals surface area contributed by atoms with Gasteiger partial charge in [0.25, 0.3) is 0 Å². The van der Waals surface area contributed by atoms with Gasteiger partial charge in [0.05, 0.1) is 0 Å². The lowest BCUT2D eigenvalue weighted by atomic mass is 10.0. The monoisotopic (exact) mass is 508 g/mol. The molecule has 5 rings (SSSR count). The van der Waals surface area contributed by atoms with E-state index in [2.05, 4.69) is 111 Å². The maximum Gasteiger partial charge on any atom is 0.0175 e. The first-order valence-electron chi connectivity index (χ1n) is 9.56. The first-order chi connectivity index (χ1) is 13.7. The highest BCUT2D eigenvalue weighted by Gasteiger charge is 2.28. The van der Waals surface area contributed by atoms with Gasteiger partial charge < -0.3 is 0 Å². The summed E-state index contributed by atoms with van der Waals surface area (Å²) < 4.78 is 2.27. The zero-order chi connectivity index (χ0) is 19.1. The van der Waals surface area contributed by atoms with E-state index in [4.69, 9.17) is 0 Å². The van der Waals surface area contributed by atoms with Gasteiger partial charge in [0.2, 0.25) is 0 Å². The Hall–Kier alpha value is -1.60. The van der Waals surface area contributed by atoms with Crippen molar-refractivity contribution in [1.29, 1.82) is 0 Å². The molecule has 0 spiro atoms. The van der Waals surface area contributed by atoms with Gasteiger partial charge in [0, 0.05) is 19.5 Å². The molecular formula is C25H19Br2P. The summed E-state index contributed by atoms with van der Waals surface area (Å²) in [6.07, 6.45) is 3.67. The van der Waals surface area contributed by atoms with E-state index >= 15 is 0 Å². The normalized spacial score (nSPS) is 12.9. The van der Waals surface area contributed by atoms with Gasteiger partial charge >= 0.3 is 0 Å². The van der Waals surface area contributed by atoms with Crippen LogP contribution in [0.4, 0.5) is 0 Å². The molecule has 0 saturated carbocycles. The Morgan fingerprint density at radius 1 is 0.571 bits per heavy atom. The van der Waals surface area contributed by atoms with Crippen LogP contribution in [-0.4, -0.2) is 0 Å². The molecule has 1 heterocycles. The molecule has 1 aliphatic rings. The average Bonchev–Trinajstić information content (AvgIpc) is 3.31. The third kappa shape index (κ3) is 3.22. The number of fused-ring (bicyclic) bond motifs is 1. The van der Waals surface area contributed by atoms with Gasteiger partial charge in [-0.1, -0.05) is 94.0 Å². The lowest BCUT2D eigenvalue weighted by molar-refractivity contribution is 0.912. The van der Waals surface area contributed by atoms with E-state index in [-0.39, 0.29) is 0 Å². The average molecular weight is 510 g/mol. The van der Waals surface area contributed by atoms with Crippen molar-refractivity contribution in [1.82, 2.24) is 0 Å². The number of benzene rings is 3. The van der Waals surface area contributed by atoms with Crippen molar-refractivity contribution in [2.24, 2.45) is 0 Å². The molecule has 0 fully saturated rings. The molecule has 1 aromatic heterocycles. The fraction of sp³-hybridized carbons (Fsp3) is 0.120. The third-order valence-electron chi connectivity index (χ3n) is 5.49. The molecular weight excluding hydrogens is 491 g/mol. The zero-order valence-electron chi connectivity index (χ0n) is 15.3. The minimum atomic E-state index is -0.544. The minimum absolute atomic E-state index is 0.544. The van der Waals surface area contributed by atoms with E-state index < -0.39 is 7.53 Å². The van der Waals surface area contributed by atoms with Crippen LogP contribution in [0.1, 0.15) is 17.5 Å². The second-order valence-electron chi connectivity index (χ2n) is 7.19. The van der Waals surface area contributed by atoms with Crippen LogP contribution in [-0.2, 0) is 12.8 Å². The maximum absolute atomic E-state index is 3.60. The molecule has 28 heavy (non-hydrogen) atoms. The van der Waals surface area contributed by atoms with Gasteiger partial charge in [-0.25, -0.2) is 0 Å². The van der Waals surface area contributed by atoms with Crippen molar-refractivity contribution in [2.45, 2.75) is 19.3 Å². The molecule has 0 amide bonds. The smallest absolute Gasteiger partial charge is 0.0175 e. The fourth-order valence-electron chi connectivity index (χ4n) is 4.31. The van der Waals surface area contributed by atoms with E-state index in [9.17, 15) is 0 Å². The summed E-state index contributed by atoms with van der Waals surface area (Å²) >= 11 is 7.20. The Morgan fingerprint density at radius 2 is 1.04 bits per heavy atom. The number of hydrogen-bond donors (Lipinski definition) is 0. The van der Waals surface area contributed by atoms with Gasteiger partial charge in [-0.3, -0.25) is 0 Å². The van der Waals surface area contributed by atoms with Gasteiger partial charge in [0.1, 0.15) is 0 Å². The molecule has 138 valence electrons. The lowest BCUT2D eigenvalue weighted by Crippen LogP contribution is -1.81. The summed E-state index contributed by atoms with van der Waals surface area (Å²) in [5.74, 6) is 0. The Morgan fingerprint density at radius 3 is 1.50 bits per heavy atom. The molecule has 4 aromatic rings. The predicted octanol–water partition coefficient (Wildman–Crippen LogP) is 9.01. The van der Waals surface area contributed by atoms with Gasteiger partial charge in [0.15, 0.2) is 0 Å². The largest absolute Gasteiger partial charge is 0.0767 e. The highest BCUT2D eigenvalue weighted by Crippen LogP contribution is 2.62. The Bertz CT molecular complexity index is 1050. The Kier molecular flexibility index (Phi) is 5.05. The Balaban J connectivity index is 1.85. The van der Waals surface area contributed by atoms with Crippen LogP contribution in [0.3, 0.4) is 0 Å². The molecule has 0 aliphatic heterocycles. The second kappa shape index (κ2) is 7.67. The summed E-state index contributed by atoms with van der Waals surface area (Å²) in [4.78, 5) is 0. The molecule has 0 N–H and O–H groups in total. The van der Waals surface area contributed by atoms with Crippen LogP contribution in [0.2, 0.25) is 0 Å². The van der Waals surface area contributed by atoms with Crippen LogP contribution < -0.4 is 0 Å². The van der Waals surface area contributed by atoms with Crippen molar-refractivity contribution in [3.8, 4) is 27.0 Å². The number of halogens is 2. The lowest BCUT2D eigenvalue weighted by Gasteiger charge is -2.13. The molecule has 0 atom stereocenters. The topological polar surface area (TPSA) is 0 Å². The van der Waals surface area contributed by atoms with Crippen LogP contribution >= 0.6 is 39.4 Å². The van der Waals surface area contributed by atoms with E-state index in [1.165, 1.54) is 35.7 Å². The van der Waals surface area contributed by atoms with E-state index in [1.54, 1.807) is 21.7 Å². The summed E-state index contributed by atoms with van der Waals surface area (Å²) in [7, 11) is -0.544. The van der Waals surface area contributed by atoms with Crippen molar-refractivity contribution < 1.29 is 0 Å². The highest BCUT2D eigenvalue weighted by molar-refractivity contribution is 9.10. The van der Waals surface area contributed by atoms with Crippen LogP contribution in [0.15, 0.2) is 87.8 Å². The van der Waals surface area contributed by atoms with Crippen LogP contribution in [0.5, 0.6) is 0 Å². The fourth-order valence-corrected chi connectivity index (χ4v) is 7.89. The minimum Gasteiger partial charge on any atom is -0.0767 e. The second-order valence-corrected chi connectivity index (χ2v) is 11.1. The molecule has 1 aliphatic carbocycles. The highest BCUT2D eigenvalue weighted by atomic mass is 79.9. The molecule has 0 bridgehead atoms. The standard InChI is InChI=1S/C25H19Br2P/c26-19-13-9-17(10-14-19)24-22-7-4-8-23(22)25(18-11-15-20(27)16-12-18)28(24)21-5-2-1-3-6-21/h1-3,5-6,9-16H,4,7-8H2. The van der Waals surface area contributed by atoms with Crippen molar-refractivity contribution in [3.63, 3.8) is 0 Å². The summed E-state index contributed by atoms with van der Waals surface area (Å²) in [5.41, 5.74) is 5.96. The third-order valence-corrected chi connectivity index (χ3v) is 9.31. The van der Waals surface area contributed by atoms with Gasteiger partial charge in [-0.05, 0) is 71.1 Å². The zero-order valence-corrected chi connectivity index (χ0v) is 19.4. The maximum atomic E-state index is 3.60. The molecule has 0 unspecified atom stereocenters. The van der Waals surface area contributed by atoms with Gasteiger partial charge in [-0.2, -0.15) is 0 Å². The molecule has 0 radical (unpaired) electrons. The summed E-state index contributed by atoms with van der Waals surface area (Å²) in [5, 5.41) is 4.58. The van der Waals surface area contributed by atoms with E-state index in [0.29, 0.717) is 0 Å². The van der Waals surface area contributed by atoms with E-state index in [0.717, 1.165) is 8.95 Å². The molecule has 3 heteroatoms. The van der Waals surface area contributed by atoms with Gasteiger partial charge in [-0.15, -0.1) is 0 Å². The van der Waals surface area contributed by atoms with Crippen LogP contribution in [0, 0.1) is 0 Å². The summed E-state index contributed by atoms with van der Waals surface area (Å²) in [6, 6.07) is 28.9. The van der Waals surface area contributed by atoms with E-state index in [1.807, 2.05) is 0 Å². The summed E-state index contributed by atoms with van der Waals surface area (Å²) in [6.45, 7) is 0. The van der Waals surface area contributed by atoms with Crippen molar-refractivity contribution in [3.05, 3.63) is 98.9 Å². The Labute approximate surface area is 183 Å². The molecule has 3 aromatic carbocycles. The first-order valence-corrected chi connectivity index (χ1v) is 12.5. The van der Waals surface area contributed by atoms with Crippen molar-refractivity contribution >= 4 is 39.4 Å². The SMILES string of the molecule is Brc1ccc(-c2c3c(c(-c4ccc(Br)cc4)p2-c2ccccc2)CCC3)cc1. The van der Waals surface area contributed by atoms with Crippen molar-refractivity contribution in [2.75, 3.05) is 0 Å². The molecule has 0 saturated heterocycles. The first kappa shape index (κ1) is 18.4. The quantitative estimate of drug-likeness (QED) is 0.258. The molecule has 0 nitrogen and oxygen atoms in total. The number of rotatable bonds is 3. The number of hydrogen-bond acceptors (Lipinski definition) is 0. The predicted molar refractivity (Wildman–Crippen MR) is 129 cm³/mol. The van der Waals surface area contributed by atoms with Crippen LogP contribution in [0.25, 0.3) is 27.0 Å².